The van der Waals surface area contributed by atoms with Gasteiger partial charge in [-0.25, -0.2) is 4.79 Å². The fraction of sp³-hybridized carbons (Fsp3) is 0.375. The number of aromatic nitrogens is 2. The lowest BCUT2D eigenvalue weighted by atomic mass is 10.1. The Morgan fingerprint density at radius 2 is 1.60 bits per heavy atom. The van der Waals surface area contributed by atoms with Gasteiger partial charge in [0.05, 0.1) is 10.9 Å². The summed E-state index contributed by atoms with van der Waals surface area (Å²) >= 11 is 0. The van der Waals surface area contributed by atoms with Gasteiger partial charge in [-0.05, 0) is 43.4 Å². The smallest absolute Gasteiger partial charge is 0.331 e. The molecular weight excluding hydrogens is 378 g/mol. The summed E-state index contributed by atoms with van der Waals surface area (Å²) in [5.41, 5.74) is 0.956. The molecule has 0 unspecified atom stereocenters. The normalized spacial score (nSPS) is 12.3. The molecule has 3 rings (SSSR count). The maximum absolute atomic E-state index is 13.0. The minimum absolute atomic E-state index is 0.0266. The average molecular weight is 408 g/mol. The number of hydrogen-bond donors (Lipinski definition) is 1. The molecule has 0 spiro atoms. The van der Waals surface area contributed by atoms with Crippen LogP contribution in [0.4, 0.5) is 0 Å². The predicted molar refractivity (Wildman–Crippen MR) is 120 cm³/mol. The SMILES string of the molecule is CC(C)Cn1c(=O)c2ccccc2n(CC(=O)N[C@@H](C)CCc2ccccc2)c1=O. The minimum atomic E-state index is -0.445. The van der Waals surface area contributed by atoms with Gasteiger partial charge in [-0.2, -0.15) is 0 Å². The van der Waals surface area contributed by atoms with Crippen LogP contribution in [-0.2, 0) is 24.3 Å². The molecular formula is C24H29N3O3. The summed E-state index contributed by atoms with van der Waals surface area (Å²) in [4.78, 5) is 38.5. The van der Waals surface area contributed by atoms with E-state index in [0.29, 0.717) is 17.4 Å². The van der Waals surface area contributed by atoms with Crippen LogP contribution in [0, 0.1) is 5.92 Å². The van der Waals surface area contributed by atoms with E-state index in [-0.39, 0.29) is 30.0 Å². The molecule has 6 heteroatoms. The third kappa shape index (κ3) is 5.06. The zero-order valence-electron chi connectivity index (χ0n) is 17.8. The van der Waals surface area contributed by atoms with Gasteiger partial charge in [-0.1, -0.05) is 56.3 Å². The molecule has 0 aliphatic heterocycles. The zero-order chi connectivity index (χ0) is 21.7. The molecule has 3 aromatic rings. The second-order valence-corrected chi connectivity index (χ2v) is 8.19. The van der Waals surface area contributed by atoms with Crippen molar-refractivity contribution in [2.75, 3.05) is 0 Å². The molecule has 0 aliphatic rings. The van der Waals surface area contributed by atoms with Crippen molar-refractivity contribution < 1.29 is 4.79 Å². The standard InChI is InChI=1S/C24H29N3O3/c1-17(2)15-27-23(29)20-11-7-8-12-21(20)26(24(27)30)16-22(28)25-18(3)13-14-19-9-5-4-6-10-19/h4-12,17-18H,13-16H2,1-3H3,(H,25,28)/t18-/m0/s1. The first kappa shape index (κ1) is 21.6. The number of aryl methyl sites for hydroxylation is 1. The number of rotatable bonds is 8. The van der Waals surface area contributed by atoms with E-state index in [0.717, 1.165) is 12.8 Å². The van der Waals surface area contributed by atoms with Gasteiger partial charge in [-0.3, -0.25) is 18.7 Å². The molecule has 1 N–H and O–H groups in total. The minimum Gasteiger partial charge on any atom is -0.352 e. The van der Waals surface area contributed by atoms with Crippen molar-refractivity contribution in [1.82, 2.24) is 14.5 Å². The van der Waals surface area contributed by atoms with Crippen LogP contribution < -0.4 is 16.6 Å². The van der Waals surface area contributed by atoms with Gasteiger partial charge in [0.2, 0.25) is 5.91 Å². The largest absolute Gasteiger partial charge is 0.352 e. The Morgan fingerprint density at radius 3 is 2.30 bits per heavy atom. The highest BCUT2D eigenvalue weighted by Gasteiger charge is 2.16. The molecule has 1 amide bonds. The Balaban J connectivity index is 1.79. The number of hydrogen-bond acceptors (Lipinski definition) is 3. The van der Waals surface area contributed by atoms with Crippen molar-refractivity contribution in [2.45, 2.75) is 52.7 Å². The predicted octanol–water partition coefficient (Wildman–Crippen LogP) is 2.96. The molecule has 6 nitrogen and oxygen atoms in total. The topological polar surface area (TPSA) is 73.1 Å². The lowest BCUT2D eigenvalue weighted by Gasteiger charge is -2.17. The van der Waals surface area contributed by atoms with E-state index in [1.807, 2.05) is 39.0 Å². The molecule has 158 valence electrons. The number of nitrogens with zero attached hydrogens (tertiary/aromatic N) is 2. The summed E-state index contributed by atoms with van der Waals surface area (Å²) in [5.74, 6) is -0.102. The number of amides is 1. The zero-order valence-corrected chi connectivity index (χ0v) is 17.8. The number of benzene rings is 2. The fourth-order valence-corrected chi connectivity index (χ4v) is 3.61. The molecule has 1 aromatic heterocycles. The number of carbonyl (C=O) groups is 1. The van der Waals surface area contributed by atoms with E-state index in [1.165, 1.54) is 14.7 Å². The Morgan fingerprint density at radius 1 is 0.933 bits per heavy atom. The molecule has 0 radical (unpaired) electrons. The summed E-state index contributed by atoms with van der Waals surface area (Å²) < 4.78 is 2.64. The molecule has 30 heavy (non-hydrogen) atoms. The van der Waals surface area contributed by atoms with E-state index in [1.54, 1.807) is 24.3 Å². The molecule has 0 saturated heterocycles. The average Bonchev–Trinajstić information content (AvgIpc) is 2.73. The van der Waals surface area contributed by atoms with Gasteiger partial charge < -0.3 is 5.32 Å². The molecule has 0 saturated carbocycles. The second kappa shape index (κ2) is 9.57. The van der Waals surface area contributed by atoms with E-state index in [2.05, 4.69) is 17.4 Å². The first-order valence-electron chi connectivity index (χ1n) is 10.4. The van der Waals surface area contributed by atoms with Crippen molar-refractivity contribution in [3.8, 4) is 0 Å². The number of fused-ring (bicyclic) bond motifs is 1. The highest BCUT2D eigenvalue weighted by molar-refractivity contribution is 5.81. The molecule has 1 heterocycles. The summed E-state index contributed by atoms with van der Waals surface area (Å²) in [5, 5.41) is 3.43. The lowest BCUT2D eigenvalue weighted by molar-refractivity contribution is -0.122. The monoisotopic (exact) mass is 407 g/mol. The summed E-state index contributed by atoms with van der Waals surface area (Å²) in [7, 11) is 0. The van der Waals surface area contributed by atoms with Gasteiger partial charge in [0.15, 0.2) is 0 Å². The first-order chi connectivity index (χ1) is 14.4. The van der Waals surface area contributed by atoms with Crippen LogP contribution in [0.1, 0.15) is 32.8 Å². The van der Waals surface area contributed by atoms with Crippen LogP contribution in [0.5, 0.6) is 0 Å². The van der Waals surface area contributed by atoms with Gasteiger partial charge in [0, 0.05) is 12.6 Å². The Labute approximate surface area is 176 Å². The summed E-state index contributed by atoms with van der Waals surface area (Å²) in [6.07, 6.45) is 1.67. The molecule has 2 aromatic carbocycles. The van der Waals surface area contributed by atoms with E-state index >= 15 is 0 Å². The molecule has 0 bridgehead atoms. The first-order valence-corrected chi connectivity index (χ1v) is 10.4. The van der Waals surface area contributed by atoms with Crippen molar-refractivity contribution in [2.24, 2.45) is 5.92 Å². The van der Waals surface area contributed by atoms with Crippen LogP contribution in [0.25, 0.3) is 10.9 Å². The quantitative estimate of drug-likeness (QED) is 0.624. The summed E-state index contributed by atoms with van der Waals surface area (Å²) in [6.45, 7) is 6.06. The van der Waals surface area contributed by atoms with Crippen LogP contribution >= 0.6 is 0 Å². The molecule has 1 atom stereocenters. The number of carbonyl (C=O) groups excluding carboxylic acids is 1. The number of para-hydroxylation sites is 1. The third-order valence-corrected chi connectivity index (χ3v) is 5.10. The molecule has 0 fully saturated rings. The Hall–Kier alpha value is -3.15. The summed E-state index contributed by atoms with van der Waals surface area (Å²) in [6, 6.07) is 17.0. The van der Waals surface area contributed by atoms with Gasteiger partial charge >= 0.3 is 5.69 Å². The lowest BCUT2D eigenvalue weighted by Crippen LogP contribution is -2.44. The third-order valence-electron chi connectivity index (χ3n) is 5.10. The van der Waals surface area contributed by atoms with E-state index in [9.17, 15) is 14.4 Å². The molecule has 0 aliphatic carbocycles. The van der Waals surface area contributed by atoms with Crippen molar-refractivity contribution >= 4 is 16.8 Å². The van der Waals surface area contributed by atoms with Gasteiger partial charge in [0.25, 0.3) is 5.56 Å². The van der Waals surface area contributed by atoms with Crippen LogP contribution in [0.3, 0.4) is 0 Å². The fourth-order valence-electron chi connectivity index (χ4n) is 3.61. The van der Waals surface area contributed by atoms with Crippen molar-refractivity contribution in [3.63, 3.8) is 0 Å². The number of nitrogens with one attached hydrogen (secondary N) is 1. The van der Waals surface area contributed by atoms with Crippen LogP contribution in [0.15, 0.2) is 64.2 Å². The van der Waals surface area contributed by atoms with Crippen LogP contribution in [0.2, 0.25) is 0 Å². The Kier molecular flexibility index (Phi) is 6.87. The highest BCUT2D eigenvalue weighted by atomic mass is 16.2. The second-order valence-electron chi connectivity index (χ2n) is 8.19. The van der Waals surface area contributed by atoms with Gasteiger partial charge in [-0.15, -0.1) is 0 Å². The van der Waals surface area contributed by atoms with Gasteiger partial charge in [0.1, 0.15) is 6.54 Å². The Bertz CT molecular complexity index is 1130. The highest BCUT2D eigenvalue weighted by Crippen LogP contribution is 2.09. The van der Waals surface area contributed by atoms with Crippen molar-refractivity contribution in [3.05, 3.63) is 81.0 Å². The van der Waals surface area contributed by atoms with E-state index < -0.39 is 5.69 Å². The van der Waals surface area contributed by atoms with Crippen LogP contribution in [-0.4, -0.2) is 21.1 Å². The van der Waals surface area contributed by atoms with E-state index in [4.69, 9.17) is 0 Å². The van der Waals surface area contributed by atoms with Crippen molar-refractivity contribution in [1.29, 1.82) is 0 Å². The maximum Gasteiger partial charge on any atom is 0.331 e. The maximum atomic E-state index is 13.0.